The number of hydrogen-bond donors (Lipinski definition) is 1. The second kappa shape index (κ2) is 5.25. The maximum atomic E-state index is 13.7. The number of rotatable bonds is 3. The summed E-state index contributed by atoms with van der Waals surface area (Å²) in [6.45, 7) is 1.76. The zero-order chi connectivity index (χ0) is 12.3. The molecule has 0 saturated heterocycles. The van der Waals surface area contributed by atoms with Crippen LogP contribution in [0, 0.1) is 5.82 Å². The van der Waals surface area contributed by atoms with Crippen molar-refractivity contribution in [2.75, 3.05) is 0 Å². The third-order valence-corrected chi connectivity index (χ3v) is 3.18. The van der Waals surface area contributed by atoms with Gasteiger partial charge in [-0.05, 0) is 36.9 Å². The van der Waals surface area contributed by atoms with Crippen molar-refractivity contribution in [1.29, 1.82) is 0 Å². The van der Waals surface area contributed by atoms with E-state index in [-0.39, 0.29) is 11.9 Å². The van der Waals surface area contributed by atoms with Crippen molar-refractivity contribution in [3.8, 4) is 0 Å². The molecule has 0 amide bonds. The van der Waals surface area contributed by atoms with Crippen molar-refractivity contribution in [3.63, 3.8) is 0 Å². The van der Waals surface area contributed by atoms with Crippen LogP contribution >= 0.6 is 11.8 Å². The number of aromatic nitrogens is 2. The first-order valence-corrected chi connectivity index (χ1v) is 5.99. The molecule has 0 aliphatic carbocycles. The molecular formula is C12H12FN3S. The van der Waals surface area contributed by atoms with Crippen LogP contribution in [0.25, 0.3) is 0 Å². The third kappa shape index (κ3) is 2.81. The van der Waals surface area contributed by atoms with Gasteiger partial charge in [-0.3, -0.25) is 0 Å². The highest BCUT2D eigenvalue weighted by molar-refractivity contribution is 7.99. The summed E-state index contributed by atoms with van der Waals surface area (Å²) in [5.41, 5.74) is 6.28. The van der Waals surface area contributed by atoms with E-state index in [0.29, 0.717) is 10.7 Å². The highest BCUT2D eigenvalue weighted by atomic mass is 32.2. The van der Waals surface area contributed by atoms with Crippen molar-refractivity contribution in [2.45, 2.75) is 23.0 Å². The van der Waals surface area contributed by atoms with Crippen molar-refractivity contribution >= 4 is 11.8 Å². The zero-order valence-corrected chi connectivity index (χ0v) is 10.1. The number of hydrogen-bond acceptors (Lipinski definition) is 4. The highest BCUT2D eigenvalue weighted by Gasteiger charge is 2.13. The molecule has 1 aromatic heterocycles. The molecule has 0 aliphatic rings. The Labute approximate surface area is 103 Å². The van der Waals surface area contributed by atoms with E-state index in [1.165, 1.54) is 17.8 Å². The van der Waals surface area contributed by atoms with Crippen LogP contribution in [-0.2, 0) is 0 Å². The summed E-state index contributed by atoms with van der Waals surface area (Å²) in [6, 6.07) is 6.27. The molecule has 17 heavy (non-hydrogen) atoms. The molecule has 2 N–H and O–H groups in total. The van der Waals surface area contributed by atoms with Gasteiger partial charge in [0, 0.05) is 28.9 Å². The molecule has 3 nitrogen and oxygen atoms in total. The topological polar surface area (TPSA) is 51.8 Å². The molecule has 0 bridgehead atoms. The van der Waals surface area contributed by atoms with Crippen LogP contribution in [0.3, 0.4) is 0 Å². The molecule has 2 rings (SSSR count). The lowest BCUT2D eigenvalue weighted by atomic mass is 10.1. The SMILES string of the molecule is C[C@@H](N)c1c(F)cccc1Sc1ncccn1. The molecule has 0 radical (unpaired) electrons. The summed E-state index contributed by atoms with van der Waals surface area (Å²) in [5, 5.41) is 0.583. The van der Waals surface area contributed by atoms with Gasteiger partial charge < -0.3 is 5.73 Å². The fourth-order valence-corrected chi connectivity index (χ4v) is 2.45. The Balaban J connectivity index is 2.36. The first kappa shape index (κ1) is 12.0. The Morgan fingerprint density at radius 1 is 1.24 bits per heavy atom. The molecule has 2 aromatic rings. The summed E-state index contributed by atoms with van der Waals surface area (Å²) in [7, 11) is 0. The Kier molecular flexibility index (Phi) is 3.71. The van der Waals surface area contributed by atoms with E-state index in [1.54, 1.807) is 31.5 Å². The zero-order valence-electron chi connectivity index (χ0n) is 9.30. The largest absolute Gasteiger partial charge is 0.324 e. The van der Waals surface area contributed by atoms with Gasteiger partial charge >= 0.3 is 0 Å². The minimum atomic E-state index is -0.359. The van der Waals surface area contributed by atoms with Gasteiger partial charge in [0.25, 0.3) is 0 Å². The van der Waals surface area contributed by atoms with Gasteiger partial charge in [0.15, 0.2) is 5.16 Å². The van der Waals surface area contributed by atoms with Gasteiger partial charge in [-0.25, -0.2) is 14.4 Å². The lowest BCUT2D eigenvalue weighted by Gasteiger charge is -2.12. The third-order valence-electron chi connectivity index (χ3n) is 2.21. The minimum absolute atomic E-state index is 0.291. The Hall–Kier alpha value is -1.46. The number of nitrogens with two attached hydrogens (primary N) is 1. The second-order valence-electron chi connectivity index (χ2n) is 3.57. The highest BCUT2D eigenvalue weighted by Crippen LogP contribution is 2.31. The van der Waals surface area contributed by atoms with E-state index in [2.05, 4.69) is 9.97 Å². The summed E-state index contributed by atoms with van der Waals surface area (Å²) in [6.07, 6.45) is 3.31. The fraction of sp³-hybridized carbons (Fsp3) is 0.167. The van der Waals surface area contributed by atoms with Crippen LogP contribution in [0.15, 0.2) is 46.7 Å². The molecule has 1 aromatic carbocycles. The standard InChI is InChI=1S/C12H12FN3S/c1-8(14)11-9(13)4-2-5-10(11)17-12-15-6-3-7-16-12/h2-8H,14H2,1H3/t8-/m1/s1. The normalized spacial score (nSPS) is 12.4. The molecule has 5 heteroatoms. The van der Waals surface area contributed by atoms with Gasteiger partial charge in [-0.2, -0.15) is 0 Å². The maximum Gasteiger partial charge on any atom is 0.192 e. The first-order chi connectivity index (χ1) is 8.18. The van der Waals surface area contributed by atoms with E-state index in [0.717, 1.165) is 4.90 Å². The van der Waals surface area contributed by atoms with E-state index in [9.17, 15) is 4.39 Å². The summed E-state index contributed by atoms with van der Waals surface area (Å²) in [4.78, 5) is 8.94. The average molecular weight is 249 g/mol. The Bertz CT molecular complexity index is 502. The van der Waals surface area contributed by atoms with Gasteiger partial charge in [0.05, 0.1) is 0 Å². The lowest BCUT2D eigenvalue weighted by Crippen LogP contribution is -2.09. The summed E-state index contributed by atoms with van der Waals surface area (Å²) < 4.78 is 13.7. The molecule has 0 saturated carbocycles. The smallest absolute Gasteiger partial charge is 0.192 e. The van der Waals surface area contributed by atoms with E-state index in [4.69, 9.17) is 5.73 Å². The van der Waals surface area contributed by atoms with Crippen LogP contribution in [0.1, 0.15) is 18.5 Å². The molecular weight excluding hydrogens is 237 g/mol. The summed E-state index contributed by atoms with van der Waals surface area (Å²) in [5.74, 6) is -0.291. The molecule has 88 valence electrons. The lowest BCUT2D eigenvalue weighted by molar-refractivity contribution is 0.585. The van der Waals surface area contributed by atoms with Crippen LogP contribution in [-0.4, -0.2) is 9.97 Å². The number of nitrogens with zero attached hydrogens (tertiary/aromatic N) is 2. The molecule has 1 atom stereocenters. The first-order valence-electron chi connectivity index (χ1n) is 5.17. The van der Waals surface area contributed by atoms with Crippen LogP contribution in [0.4, 0.5) is 4.39 Å². The molecule has 0 spiro atoms. The molecule has 0 aliphatic heterocycles. The minimum Gasteiger partial charge on any atom is -0.324 e. The van der Waals surface area contributed by atoms with E-state index < -0.39 is 0 Å². The monoisotopic (exact) mass is 249 g/mol. The van der Waals surface area contributed by atoms with Crippen LogP contribution < -0.4 is 5.73 Å². The van der Waals surface area contributed by atoms with Crippen molar-refractivity contribution < 1.29 is 4.39 Å². The van der Waals surface area contributed by atoms with Crippen molar-refractivity contribution in [1.82, 2.24) is 9.97 Å². The summed E-state index contributed by atoms with van der Waals surface area (Å²) >= 11 is 1.31. The predicted molar refractivity (Wildman–Crippen MR) is 65.2 cm³/mol. The molecule has 0 fully saturated rings. The Morgan fingerprint density at radius 2 is 1.94 bits per heavy atom. The molecule has 1 heterocycles. The van der Waals surface area contributed by atoms with Gasteiger partial charge in [-0.1, -0.05) is 6.07 Å². The van der Waals surface area contributed by atoms with Crippen LogP contribution in [0.5, 0.6) is 0 Å². The predicted octanol–water partition coefficient (Wildman–Crippen LogP) is 2.79. The van der Waals surface area contributed by atoms with Crippen molar-refractivity contribution in [2.24, 2.45) is 5.73 Å². The average Bonchev–Trinajstić information content (AvgIpc) is 2.30. The molecule has 0 unspecified atom stereocenters. The van der Waals surface area contributed by atoms with Crippen LogP contribution in [0.2, 0.25) is 0 Å². The van der Waals surface area contributed by atoms with Gasteiger partial charge in [0.1, 0.15) is 5.82 Å². The quantitative estimate of drug-likeness (QED) is 0.850. The fourth-order valence-electron chi connectivity index (χ4n) is 1.48. The van der Waals surface area contributed by atoms with Crippen molar-refractivity contribution in [3.05, 3.63) is 48.0 Å². The maximum absolute atomic E-state index is 13.7. The van der Waals surface area contributed by atoms with Gasteiger partial charge in [0.2, 0.25) is 0 Å². The van der Waals surface area contributed by atoms with E-state index in [1.807, 2.05) is 6.07 Å². The number of benzene rings is 1. The second-order valence-corrected chi connectivity index (χ2v) is 4.58. The van der Waals surface area contributed by atoms with E-state index >= 15 is 0 Å². The number of halogens is 1. The Morgan fingerprint density at radius 3 is 2.59 bits per heavy atom. The van der Waals surface area contributed by atoms with Gasteiger partial charge in [-0.15, -0.1) is 0 Å².